The van der Waals surface area contributed by atoms with E-state index in [-0.39, 0.29) is 11.8 Å². The number of H-pyrrole nitrogens is 1. The number of aryl methyl sites for hydroxylation is 1. The van der Waals surface area contributed by atoms with E-state index in [2.05, 4.69) is 25.6 Å². The highest BCUT2D eigenvalue weighted by Gasteiger charge is 2.13. The van der Waals surface area contributed by atoms with E-state index in [9.17, 15) is 9.59 Å². The van der Waals surface area contributed by atoms with Gasteiger partial charge in [-0.25, -0.2) is 9.97 Å². The molecule has 2 amide bonds. The third kappa shape index (κ3) is 4.05. The van der Waals surface area contributed by atoms with Gasteiger partial charge in [0.2, 0.25) is 5.91 Å². The molecular weight excluding hydrogens is 378 g/mol. The van der Waals surface area contributed by atoms with E-state index < -0.39 is 0 Å². The van der Waals surface area contributed by atoms with Crippen molar-refractivity contribution < 1.29 is 9.59 Å². The maximum Gasteiger partial charge on any atom is 0.255 e. The summed E-state index contributed by atoms with van der Waals surface area (Å²) in [5.41, 5.74) is 4.49. The van der Waals surface area contributed by atoms with Crippen LogP contribution in [0.15, 0.2) is 67.1 Å². The van der Waals surface area contributed by atoms with Gasteiger partial charge in [-0.2, -0.15) is 0 Å². The number of benzene rings is 2. The highest BCUT2D eigenvalue weighted by atomic mass is 16.2. The predicted molar refractivity (Wildman–Crippen MR) is 116 cm³/mol. The van der Waals surface area contributed by atoms with Crippen molar-refractivity contribution in [1.29, 1.82) is 0 Å². The number of carbonyl (C=O) groups is 2. The zero-order valence-electron chi connectivity index (χ0n) is 16.5. The lowest BCUT2D eigenvalue weighted by Crippen LogP contribution is -2.18. The summed E-state index contributed by atoms with van der Waals surface area (Å²) >= 11 is 0. The Labute approximate surface area is 173 Å². The van der Waals surface area contributed by atoms with Crippen LogP contribution >= 0.6 is 0 Å². The molecule has 0 radical (unpaired) electrons. The minimum atomic E-state index is -0.219. The Morgan fingerprint density at radius 3 is 2.77 bits per heavy atom. The van der Waals surface area contributed by atoms with Crippen LogP contribution in [-0.2, 0) is 11.2 Å². The second kappa shape index (κ2) is 8.57. The Hall–Kier alpha value is -4.00. The first-order chi connectivity index (χ1) is 14.7. The number of carbonyl (C=O) groups excluding carboxylic acids is 2. The normalized spacial score (nSPS) is 10.7. The van der Waals surface area contributed by atoms with Crippen LogP contribution in [-0.4, -0.2) is 33.8 Å². The average Bonchev–Trinajstić information content (AvgIpc) is 3.27. The number of aromatic amines is 1. The molecule has 0 fully saturated rings. The van der Waals surface area contributed by atoms with Gasteiger partial charge >= 0.3 is 0 Å². The summed E-state index contributed by atoms with van der Waals surface area (Å²) in [6.07, 6.45) is 4.22. The van der Waals surface area contributed by atoms with Crippen LogP contribution in [0, 0.1) is 0 Å². The highest BCUT2D eigenvalue weighted by Crippen LogP contribution is 2.26. The molecule has 30 heavy (non-hydrogen) atoms. The zero-order chi connectivity index (χ0) is 20.9. The van der Waals surface area contributed by atoms with Gasteiger partial charge < -0.3 is 15.6 Å². The number of nitrogens with one attached hydrogen (secondary N) is 3. The zero-order valence-corrected chi connectivity index (χ0v) is 16.5. The summed E-state index contributed by atoms with van der Waals surface area (Å²) in [5, 5.41) is 6.48. The molecule has 0 aliphatic rings. The molecule has 0 saturated heterocycles. The fraction of sp³-hybridized carbons (Fsp3) is 0.130. The first-order valence-electron chi connectivity index (χ1n) is 9.64. The molecule has 4 rings (SSSR count). The van der Waals surface area contributed by atoms with E-state index in [4.69, 9.17) is 0 Å². The number of amides is 2. The van der Waals surface area contributed by atoms with E-state index in [0.717, 1.165) is 27.9 Å². The van der Waals surface area contributed by atoms with Gasteiger partial charge in [-0.05, 0) is 36.2 Å². The standard InChI is InChI=1S/C23H21N5O2/c1-24-20(29)10-9-15-5-2-3-8-19(15)28-23(30)17-7-4-6-16(13-17)21-18-11-12-25-22(18)27-14-26-21/h2-8,11-14H,9-10H2,1H3,(H,24,29)(H,28,30)(H,25,26,27). The van der Waals surface area contributed by atoms with Gasteiger partial charge in [0.1, 0.15) is 12.0 Å². The van der Waals surface area contributed by atoms with Crippen molar-refractivity contribution >= 4 is 28.5 Å². The minimum absolute atomic E-state index is 0.0373. The molecule has 2 aromatic heterocycles. The second-order valence-corrected chi connectivity index (χ2v) is 6.83. The van der Waals surface area contributed by atoms with Crippen LogP contribution in [0.3, 0.4) is 0 Å². The maximum absolute atomic E-state index is 12.9. The number of anilines is 1. The van der Waals surface area contributed by atoms with Crippen LogP contribution in [0.25, 0.3) is 22.3 Å². The second-order valence-electron chi connectivity index (χ2n) is 6.83. The average molecular weight is 399 g/mol. The molecule has 0 spiro atoms. The quantitative estimate of drug-likeness (QED) is 0.462. The largest absolute Gasteiger partial charge is 0.359 e. The summed E-state index contributed by atoms with van der Waals surface area (Å²) < 4.78 is 0. The lowest BCUT2D eigenvalue weighted by Gasteiger charge is -2.12. The predicted octanol–water partition coefficient (Wildman–Crippen LogP) is 3.56. The molecule has 0 saturated carbocycles. The van der Waals surface area contributed by atoms with E-state index in [1.54, 1.807) is 13.1 Å². The van der Waals surface area contributed by atoms with Crippen LogP contribution in [0.4, 0.5) is 5.69 Å². The third-order valence-electron chi connectivity index (χ3n) is 4.92. The Balaban J connectivity index is 1.58. The van der Waals surface area contributed by atoms with Gasteiger partial charge in [0, 0.05) is 41.9 Å². The molecule has 4 aromatic rings. The van der Waals surface area contributed by atoms with E-state index in [0.29, 0.717) is 24.1 Å². The van der Waals surface area contributed by atoms with Crippen molar-refractivity contribution in [2.45, 2.75) is 12.8 Å². The van der Waals surface area contributed by atoms with Crippen molar-refractivity contribution in [1.82, 2.24) is 20.3 Å². The summed E-state index contributed by atoms with van der Waals surface area (Å²) in [6.45, 7) is 0. The lowest BCUT2D eigenvalue weighted by atomic mass is 10.0. The Morgan fingerprint density at radius 2 is 1.90 bits per heavy atom. The maximum atomic E-state index is 12.9. The first kappa shape index (κ1) is 19.3. The van der Waals surface area contributed by atoms with Gasteiger partial charge in [-0.1, -0.05) is 30.3 Å². The summed E-state index contributed by atoms with van der Waals surface area (Å²) in [6, 6.07) is 16.8. The van der Waals surface area contributed by atoms with Crippen molar-refractivity contribution in [3.05, 3.63) is 78.2 Å². The molecule has 3 N–H and O–H groups in total. The molecule has 0 aliphatic heterocycles. The summed E-state index contributed by atoms with van der Waals surface area (Å²) in [5.74, 6) is -0.256. The SMILES string of the molecule is CNC(=O)CCc1ccccc1NC(=O)c1cccc(-c2ncnc3[nH]ccc23)c1. The molecule has 0 unspecified atom stereocenters. The van der Waals surface area contributed by atoms with Gasteiger partial charge in [0.25, 0.3) is 5.91 Å². The van der Waals surface area contributed by atoms with E-state index in [1.807, 2.05) is 54.7 Å². The van der Waals surface area contributed by atoms with Crippen LogP contribution in [0.5, 0.6) is 0 Å². The number of para-hydroxylation sites is 1. The van der Waals surface area contributed by atoms with Gasteiger partial charge in [0.15, 0.2) is 0 Å². The molecule has 0 aliphatic carbocycles. The van der Waals surface area contributed by atoms with Crippen molar-refractivity contribution in [2.24, 2.45) is 0 Å². The molecule has 7 heteroatoms. The molecule has 0 bridgehead atoms. The van der Waals surface area contributed by atoms with Crippen LogP contribution in [0.2, 0.25) is 0 Å². The number of rotatable bonds is 6. The smallest absolute Gasteiger partial charge is 0.255 e. The molecule has 2 heterocycles. The highest BCUT2D eigenvalue weighted by molar-refractivity contribution is 6.05. The number of fused-ring (bicyclic) bond motifs is 1. The third-order valence-corrected chi connectivity index (χ3v) is 4.92. The fourth-order valence-electron chi connectivity index (χ4n) is 3.34. The molecule has 2 aromatic carbocycles. The number of hydrogen-bond acceptors (Lipinski definition) is 4. The lowest BCUT2D eigenvalue weighted by molar-refractivity contribution is -0.120. The minimum Gasteiger partial charge on any atom is -0.359 e. The Bertz CT molecular complexity index is 1210. The van der Waals surface area contributed by atoms with Crippen LogP contribution < -0.4 is 10.6 Å². The summed E-state index contributed by atoms with van der Waals surface area (Å²) in [4.78, 5) is 36.2. The van der Waals surface area contributed by atoms with Gasteiger partial charge in [-0.3, -0.25) is 9.59 Å². The topological polar surface area (TPSA) is 99.8 Å². The number of nitrogens with zero attached hydrogens (tertiary/aromatic N) is 2. The molecular formula is C23H21N5O2. The monoisotopic (exact) mass is 399 g/mol. The first-order valence-corrected chi connectivity index (χ1v) is 9.64. The van der Waals surface area contributed by atoms with E-state index in [1.165, 1.54) is 6.33 Å². The van der Waals surface area contributed by atoms with Crippen LogP contribution in [0.1, 0.15) is 22.3 Å². The number of hydrogen-bond donors (Lipinski definition) is 3. The molecule has 150 valence electrons. The van der Waals surface area contributed by atoms with Crippen molar-refractivity contribution in [3.63, 3.8) is 0 Å². The van der Waals surface area contributed by atoms with Gasteiger partial charge in [0.05, 0.1) is 5.69 Å². The molecule has 0 atom stereocenters. The van der Waals surface area contributed by atoms with E-state index >= 15 is 0 Å². The molecule has 7 nitrogen and oxygen atoms in total. The summed E-state index contributed by atoms with van der Waals surface area (Å²) in [7, 11) is 1.61. The number of aromatic nitrogens is 3. The van der Waals surface area contributed by atoms with Gasteiger partial charge in [-0.15, -0.1) is 0 Å². The fourth-order valence-corrected chi connectivity index (χ4v) is 3.34. The van der Waals surface area contributed by atoms with Crippen molar-refractivity contribution in [2.75, 3.05) is 12.4 Å². The Kier molecular flexibility index (Phi) is 5.52. The Morgan fingerprint density at radius 1 is 1.03 bits per heavy atom. The van der Waals surface area contributed by atoms with Crippen molar-refractivity contribution in [3.8, 4) is 11.3 Å².